The maximum atomic E-state index is 2.46. The lowest BCUT2D eigenvalue weighted by atomic mass is 9.96. The number of anilines is 1. The highest BCUT2D eigenvalue weighted by Gasteiger charge is 2.22. The Hall–Kier alpha value is -2.02. The van der Waals surface area contributed by atoms with Crippen molar-refractivity contribution in [3.8, 4) is 0 Å². The van der Waals surface area contributed by atoms with Gasteiger partial charge >= 0.3 is 0 Å². The average Bonchev–Trinajstić information content (AvgIpc) is 2.46. The number of nitrogens with zero attached hydrogens (tertiary/aromatic N) is 1. The highest BCUT2D eigenvalue weighted by atomic mass is 15.2. The molecule has 1 aliphatic heterocycles. The van der Waals surface area contributed by atoms with E-state index < -0.39 is 0 Å². The van der Waals surface area contributed by atoms with E-state index in [-0.39, 0.29) is 0 Å². The van der Waals surface area contributed by atoms with Crippen LogP contribution in [0.1, 0.15) is 29.7 Å². The summed E-state index contributed by atoms with van der Waals surface area (Å²) in [6.45, 7) is 5.39. The van der Waals surface area contributed by atoms with Gasteiger partial charge in [0.15, 0.2) is 0 Å². The lowest BCUT2D eigenvalue weighted by Crippen LogP contribution is -2.29. The first-order valence-corrected chi connectivity index (χ1v) is 6.90. The van der Waals surface area contributed by atoms with Gasteiger partial charge in [0.05, 0.1) is 6.04 Å². The van der Waals surface area contributed by atoms with Crippen molar-refractivity contribution in [3.63, 3.8) is 0 Å². The third-order valence-corrected chi connectivity index (χ3v) is 3.76. The predicted molar refractivity (Wildman–Crippen MR) is 82.4 cm³/mol. The molecule has 1 heterocycles. The number of rotatable bonds is 2. The Morgan fingerprint density at radius 3 is 2.68 bits per heavy atom. The molecule has 0 saturated heterocycles. The van der Waals surface area contributed by atoms with E-state index in [1.165, 1.54) is 22.4 Å². The Morgan fingerprint density at radius 1 is 1.05 bits per heavy atom. The van der Waals surface area contributed by atoms with Crippen LogP contribution in [0.15, 0.2) is 54.6 Å². The minimum atomic E-state index is 0.347. The van der Waals surface area contributed by atoms with E-state index in [0.717, 1.165) is 6.54 Å². The Kier molecular flexibility index (Phi) is 3.12. The fourth-order valence-corrected chi connectivity index (χ4v) is 2.85. The summed E-state index contributed by atoms with van der Waals surface area (Å²) >= 11 is 0. The van der Waals surface area contributed by atoms with Crippen molar-refractivity contribution >= 4 is 11.8 Å². The third-order valence-electron chi connectivity index (χ3n) is 3.76. The van der Waals surface area contributed by atoms with Crippen LogP contribution in [0.25, 0.3) is 6.08 Å². The lowest BCUT2D eigenvalue weighted by Gasteiger charge is -2.35. The third kappa shape index (κ3) is 2.17. The molecule has 0 fully saturated rings. The van der Waals surface area contributed by atoms with Crippen LogP contribution in [0.4, 0.5) is 5.69 Å². The van der Waals surface area contributed by atoms with Crippen LogP contribution in [0.5, 0.6) is 0 Å². The van der Waals surface area contributed by atoms with E-state index >= 15 is 0 Å². The zero-order valence-corrected chi connectivity index (χ0v) is 11.5. The molecule has 0 aromatic heterocycles. The van der Waals surface area contributed by atoms with Crippen LogP contribution in [0.3, 0.4) is 0 Å². The van der Waals surface area contributed by atoms with Crippen molar-refractivity contribution in [2.45, 2.75) is 19.9 Å². The van der Waals surface area contributed by atoms with Gasteiger partial charge in [-0.05, 0) is 31.0 Å². The Bertz CT molecular complexity index is 613. The zero-order valence-electron chi connectivity index (χ0n) is 11.5. The van der Waals surface area contributed by atoms with Crippen molar-refractivity contribution < 1.29 is 0 Å². The molecular formula is C18H19N. The van der Waals surface area contributed by atoms with Crippen molar-refractivity contribution in [3.05, 3.63) is 71.3 Å². The maximum Gasteiger partial charge on any atom is 0.0730 e. The number of para-hydroxylation sites is 1. The molecule has 2 aromatic carbocycles. The maximum absolute atomic E-state index is 2.46. The monoisotopic (exact) mass is 249 g/mol. The van der Waals surface area contributed by atoms with Gasteiger partial charge in [0.2, 0.25) is 0 Å². The second-order valence-corrected chi connectivity index (χ2v) is 5.06. The van der Waals surface area contributed by atoms with Gasteiger partial charge in [-0.2, -0.15) is 0 Å². The molecule has 0 saturated carbocycles. The van der Waals surface area contributed by atoms with Gasteiger partial charge in [0.1, 0.15) is 0 Å². The number of hydrogen-bond donors (Lipinski definition) is 0. The van der Waals surface area contributed by atoms with E-state index in [9.17, 15) is 0 Å². The first-order chi connectivity index (χ1) is 9.29. The van der Waals surface area contributed by atoms with Crippen LogP contribution in [-0.2, 0) is 0 Å². The number of hydrogen-bond acceptors (Lipinski definition) is 1. The molecule has 0 amide bonds. The summed E-state index contributed by atoms with van der Waals surface area (Å²) in [6.07, 6.45) is 4.55. The van der Waals surface area contributed by atoms with Crippen molar-refractivity contribution in [2.75, 3.05) is 11.4 Å². The summed E-state index contributed by atoms with van der Waals surface area (Å²) in [7, 11) is 0. The summed E-state index contributed by atoms with van der Waals surface area (Å²) < 4.78 is 0. The van der Waals surface area contributed by atoms with Gasteiger partial charge in [-0.15, -0.1) is 0 Å². The summed E-state index contributed by atoms with van der Waals surface area (Å²) in [5.74, 6) is 0. The van der Waals surface area contributed by atoms with E-state index in [2.05, 4.69) is 79.4 Å². The topological polar surface area (TPSA) is 3.24 Å². The molecule has 0 unspecified atom stereocenters. The molecule has 0 N–H and O–H groups in total. The molecule has 1 nitrogen and oxygen atoms in total. The summed E-state index contributed by atoms with van der Waals surface area (Å²) in [6, 6.07) is 17.8. The first-order valence-electron chi connectivity index (χ1n) is 6.90. The number of aryl methyl sites for hydroxylation is 1. The number of fused-ring (bicyclic) bond motifs is 1. The summed E-state index contributed by atoms with van der Waals surface area (Å²) in [4.78, 5) is 2.46. The standard InChI is InChI=1S/C18H19N/c1-3-19-17-10-5-4-8-15(17)11-12-18(19)16-9-6-7-14(2)13-16/h4-13,18H,3H2,1-2H3/t18-/m1/s1. The van der Waals surface area contributed by atoms with Gasteiger partial charge in [-0.1, -0.05) is 60.2 Å². The lowest BCUT2D eigenvalue weighted by molar-refractivity contribution is 0.741. The zero-order chi connectivity index (χ0) is 13.2. The molecule has 1 aliphatic rings. The van der Waals surface area contributed by atoms with Gasteiger partial charge < -0.3 is 4.90 Å². The predicted octanol–water partition coefficient (Wildman–Crippen LogP) is 4.59. The van der Waals surface area contributed by atoms with Gasteiger partial charge in [0.25, 0.3) is 0 Å². The normalized spacial score (nSPS) is 17.4. The van der Waals surface area contributed by atoms with E-state index in [0.29, 0.717) is 6.04 Å². The minimum absolute atomic E-state index is 0.347. The second-order valence-electron chi connectivity index (χ2n) is 5.06. The largest absolute Gasteiger partial charge is 0.361 e. The molecule has 96 valence electrons. The van der Waals surface area contributed by atoms with E-state index in [1.807, 2.05) is 0 Å². The van der Waals surface area contributed by atoms with Crippen LogP contribution in [-0.4, -0.2) is 6.54 Å². The van der Waals surface area contributed by atoms with Crippen LogP contribution < -0.4 is 4.90 Å². The van der Waals surface area contributed by atoms with Crippen molar-refractivity contribution in [2.24, 2.45) is 0 Å². The Morgan fingerprint density at radius 2 is 1.89 bits per heavy atom. The molecule has 0 bridgehead atoms. The Balaban J connectivity index is 2.05. The average molecular weight is 249 g/mol. The van der Waals surface area contributed by atoms with Crippen molar-refractivity contribution in [1.82, 2.24) is 0 Å². The SMILES string of the molecule is CCN1c2ccccc2C=C[C@@H]1c1cccc(C)c1. The van der Waals surface area contributed by atoms with Crippen molar-refractivity contribution in [1.29, 1.82) is 0 Å². The number of benzene rings is 2. The molecule has 0 spiro atoms. The minimum Gasteiger partial charge on any atom is -0.361 e. The molecule has 0 radical (unpaired) electrons. The smallest absolute Gasteiger partial charge is 0.0730 e. The molecule has 1 heteroatoms. The Labute approximate surface area is 115 Å². The molecule has 1 atom stereocenters. The molecule has 0 aliphatic carbocycles. The quantitative estimate of drug-likeness (QED) is 0.752. The molecular weight excluding hydrogens is 230 g/mol. The fourth-order valence-electron chi connectivity index (χ4n) is 2.85. The van der Waals surface area contributed by atoms with Gasteiger partial charge in [-0.3, -0.25) is 0 Å². The number of likely N-dealkylation sites (N-methyl/N-ethyl adjacent to an activating group) is 1. The molecule has 3 rings (SSSR count). The highest BCUT2D eigenvalue weighted by molar-refractivity contribution is 5.72. The fraction of sp³-hybridized carbons (Fsp3) is 0.222. The van der Waals surface area contributed by atoms with E-state index in [4.69, 9.17) is 0 Å². The highest BCUT2D eigenvalue weighted by Crippen LogP contribution is 2.36. The van der Waals surface area contributed by atoms with Crippen LogP contribution in [0, 0.1) is 6.92 Å². The summed E-state index contributed by atoms with van der Waals surface area (Å²) in [5.41, 5.74) is 5.33. The van der Waals surface area contributed by atoms with Gasteiger partial charge in [0, 0.05) is 12.2 Å². The molecule has 2 aromatic rings. The molecule has 19 heavy (non-hydrogen) atoms. The first kappa shape index (κ1) is 12.0. The van der Waals surface area contributed by atoms with Crippen LogP contribution >= 0.6 is 0 Å². The van der Waals surface area contributed by atoms with E-state index in [1.54, 1.807) is 0 Å². The second kappa shape index (κ2) is 4.93. The summed E-state index contributed by atoms with van der Waals surface area (Å²) in [5, 5.41) is 0. The van der Waals surface area contributed by atoms with Gasteiger partial charge in [-0.25, -0.2) is 0 Å². The van der Waals surface area contributed by atoms with Crippen LogP contribution in [0.2, 0.25) is 0 Å².